The van der Waals surface area contributed by atoms with E-state index in [0.717, 1.165) is 0 Å². The summed E-state index contributed by atoms with van der Waals surface area (Å²) in [5.41, 5.74) is -0.460. The predicted molar refractivity (Wildman–Crippen MR) is 104 cm³/mol. The lowest BCUT2D eigenvalue weighted by atomic mass is 10.0. The maximum Gasteiger partial charge on any atom is 0.410 e. The molecule has 2 saturated heterocycles. The van der Waals surface area contributed by atoms with Crippen molar-refractivity contribution in [2.24, 2.45) is 11.8 Å². The van der Waals surface area contributed by atoms with Gasteiger partial charge in [0.05, 0.1) is 5.39 Å². The van der Waals surface area contributed by atoms with Crippen LogP contribution in [0, 0.1) is 17.7 Å². The number of fused-ring (bicyclic) bond motifs is 2. The van der Waals surface area contributed by atoms with Crippen LogP contribution in [-0.2, 0) is 4.74 Å². The molecule has 0 aromatic carbocycles. The molecule has 7 nitrogen and oxygen atoms in total. The number of hydrogen-bond donors (Lipinski definition) is 0. The highest BCUT2D eigenvalue weighted by molar-refractivity contribution is 6.30. The van der Waals surface area contributed by atoms with Gasteiger partial charge in [-0.3, -0.25) is 0 Å². The minimum Gasteiger partial charge on any atom is -0.444 e. The number of aromatic nitrogens is 3. The van der Waals surface area contributed by atoms with E-state index in [4.69, 9.17) is 27.9 Å². The molecule has 2 aromatic rings. The van der Waals surface area contributed by atoms with Crippen molar-refractivity contribution in [1.82, 2.24) is 19.9 Å². The van der Waals surface area contributed by atoms with Gasteiger partial charge in [-0.25, -0.2) is 19.2 Å². The number of amides is 1. The highest BCUT2D eigenvalue weighted by Gasteiger charge is 2.43. The molecule has 0 bridgehead atoms. The normalized spacial score (nSPS) is 22.1. The van der Waals surface area contributed by atoms with Crippen LogP contribution < -0.4 is 4.90 Å². The summed E-state index contributed by atoms with van der Waals surface area (Å²) < 4.78 is 19.8. The first-order valence-electron chi connectivity index (χ1n) is 9.02. The van der Waals surface area contributed by atoms with Crippen LogP contribution in [0.3, 0.4) is 0 Å². The van der Waals surface area contributed by atoms with Crippen LogP contribution in [0.15, 0.2) is 6.20 Å². The zero-order valence-electron chi connectivity index (χ0n) is 15.7. The van der Waals surface area contributed by atoms with Gasteiger partial charge in [0, 0.05) is 44.2 Å². The predicted octanol–water partition coefficient (Wildman–Crippen LogP) is 3.77. The van der Waals surface area contributed by atoms with Crippen LogP contribution >= 0.6 is 23.2 Å². The van der Waals surface area contributed by atoms with Gasteiger partial charge < -0.3 is 14.5 Å². The molecular formula is C18H20Cl2FN5O2. The fourth-order valence-corrected chi connectivity index (χ4v) is 4.18. The second-order valence-corrected chi connectivity index (χ2v) is 8.95. The van der Waals surface area contributed by atoms with Gasteiger partial charge >= 0.3 is 6.09 Å². The van der Waals surface area contributed by atoms with Gasteiger partial charge in [-0.2, -0.15) is 4.98 Å². The minimum absolute atomic E-state index is 0.0453. The van der Waals surface area contributed by atoms with Gasteiger partial charge in [-0.1, -0.05) is 11.6 Å². The lowest BCUT2D eigenvalue weighted by Crippen LogP contribution is -2.37. The molecule has 28 heavy (non-hydrogen) atoms. The summed E-state index contributed by atoms with van der Waals surface area (Å²) >= 11 is 11.8. The van der Waals surface area contributed by atoms with Gasteiger partial charge in [0.2, 0.25) is 5.28 Å². The van der Waals surface area contributed by atoms with Crippen molar-refractivity contribution in [2.75, 3.05) is 31.1 Å². The molecule has 2 atom stereocenters. The van der Waals surface area contributed by atoms with E-state index in [1.165, 1.54) is 6.20 Å². The SMILES string of the molecule is CC(C)(C)OC(=O)N1CC2CN(c3nc(Cl)nc4c(F)c(Cl)ncc34)CC2C1. The van der Waals surface area contributed by atoms with Crippen molar-refractivity contribution in [3.05, 3.63) is 22.5 Å². The van der Waals surface area contributed by atoms with Crippen molar-refractivity contribution < 1.29 is 13.9 Å². The van der Waals surface area contributed by atoms with Crippen molar-refractivity contribution >= 4 is 46.0 Å². The first-order valence-corrected chi connectivity index (χ1v) is 9.78. The van der Waals surface area contributed by atoms with Crippen molar-refractivity contribution in [3.63, 3.8) is 0 Å². The fourth-order valence-electron chi connectivity index (χ4n) is 3.88. The summed E-state index contributed by atoms with van der Waals surface area (Å²) in [5, 5.41) is 0.172. The first kappa shape index (κ1) is 19.4. The molecule has 2 aromatic heterocycles. The third-order valence-corrected chi connectivity index (χ3v) is 5.46. The summed E-state index contributed by atoms with van der Waals surface area (Å²) in [4.78, 5) is 28.3. The summed E-state index contributed by atoms with van der Waals surface area (Å²) in [6.07, 6.45) is 1.18. The smallest absolute Gasteiger partial charge is 0.410 e. The number of carbonyl (C=O) groups excluding carboxylic acids is 1. The summed E-state index contributed by atoms with van der Waals surface area (Å²) in [6.45, 7) is 8.15. The summed E-state index contributed by atoms with van der Waals surface area (Å²) in [6, 6.07) is 0. The third kappa shape index (κ3) is 3.55. The van der Waals surface area contributed by atoms with Crippen LogP contribution in [0.25, 0.3) is 10.9 Å². The van der Waals surface area contributed by atoms with Gasteiger partial charge in [0.1, 0.15) is 16.9 Å². The zero-order valence-corrected chi connectivity index (χ0v) is 17.3. The maximum absolute atomic E-state index is 14.3. The van der Waals surface area contributed by atoms with Crippen LogP contribution in [-0.4, -0.2) is 57.7 Å². The van der Waals surface area contributed by atoms with Crippen molar-refractivity contribution in [3.8, 4) is 0 Å². The Bertz CT molecular complexity index is 938. The molecule has 2 unspecified atom stereocenters. The molecule has 0 N–H and O–H groups in total. The molecule has 2 fully saturated rings. The number of ether oxygens (including phenoxy) is 1. The molecule has 0 aliphatic carbocycles. The topological polar surface area (TPSA) is 71.5 Å². The molecule has 1 amide bonds. The van der Waals surface area contributed by atoms with Gasteiger partial charge in [0.25, 0.3) is 0 Å². The highest BCUT2D eigenvalue weighted by Crippen LogP contribution is 2.37. The number of carbonyl (C=O) groups is 1. The monoisotopic (exact) mass is 427 g/mol. The number of pyridine rings is 1. The number of nitrogens with zero attached hydrogens (tertiary/aromatic N) is 5. The first-order chi connectivity index (χ1) is 13.1. The molecule has 0 saturated carbocycles. The molecule has 4 heterocycles. The summed E-state index contributed by atoms with van der Waals surface area (Å²) in [5.74, 6) is 0.388. The fraction of sp³-hybridized carbons (Fsp3) is 0.556. The Hall–Kier alpha value is -1.93. The number of anilines is 1. The average Bonchev–Trinajstić information content (AvgIpc) is 3.15. The van der Waals surface area contributed by atoms with Crippen LogP contribution in [0.4, 0.5) is 15.0 Å². The molecule has 2 aliphatic rings. The van der Waals surface area contributed by atoms with Gasteiger partial charge in [0.15, 0.2) is 11.0 Å². The van der Waals surface area contributed by atoms with Crippen LogP contribution in [0.2, 0.25) is 10.4 Å². The number of halogens is 3. The number of rotatable bonds is 1. The molecule has 2 aliphatic heterocycles. The Morgan fingerprint density at radius 1 is 1.18 bits per heavy atom. The van der Waals surface area contributed by atoms with E-state index in [0.29, 0.717) is 37.4 Å². The molecule has 0 radical (unpaired) electrons. The number of hydrogen-bond acceptors (Lipinski definition) is 6. The molecule has 4 rings (SSSR count). The average molecular weight is 428 g/mol. The van der Waals surface area contributed by atoms with E-state index in [2.05, 4.69) is 15.0 Å². The van der Waals surface area contributed by atoms with E-state index in [9.17, 15) is 9.18 Å². The van der Waals surface area contributed by atoms with E-state index >= 15 is 0 Å². The Labute approximate surface area is 171 Å². The molecular weight excluding hydrogens is 408 g/mol. The lowest BCUT2D eigenvalue weighted by Gasteiger charge is -2.26. The highest BCUT2D eigenvalue weighted by atomic mass is 35.5. The van der Waals surface area contributed by atoms with Crippen molar-refractivity contribution in [2.45, 2.75) is 26.4 Å². The lowest BCUT2D eigenvalue weighted by molar-refractivity contribution is 0.0282. The Morgan fingerprint density at radius 2 is 1.82 bits per heavy atom. The zero-order chi connectivity index (χ0) is 20.2. The van der Waals surface area contributed by atoms with Crippen molar-refractivity contribution in [1.29, 1.82) is 0 Å². The molecule has 0 spiro atoms. The second-order valence-electron chi connectivity index (χ2n) is 8.25. The van der Waals surface area contributed by atoms with E-state index in [-0.39, 0.29) is 33.9 Å². The number of likely N-dealkylation sites (tertiary alicyclic amines) is 1. The standard InChI is InChI=1S/C18H20Cl2FN5O2/c1-18(2,3)28-17(27)26-7-9-5-25(6-10(9)8-26)15-11-4-22-14(19)12(21)13(11)23-16(20)24-15/h4,9-10H,5-8H2,1-3H3. The molecule has 150 valence electrons. The Balaban J connectivity index is 1.54. The summed E-state index contributed by atoms with van der Waals surface area (Å²) in [7, 11) is 0. The van der Waals surface area contributed by atoms with E-state index in [1.54, 1.807) is 4.90 Å². The Morgan fingerprint density at radius 3 is 2.43 bits per heavy atom. The van der Waals surface area contributed by atoms with Gasteiger partial charge in [-0.15, -0.1) is 0 Å². The van der Waals surface area contributed by atoms with E-state index < -0.39 is 11.4 Å². The third-order valence-electron chi connectivity index (χ3n) is 5.03. The second kappa shape index (κ2) is 6.84. The van der Waals surface area contributed by atoms with Gasteiger partial charge in [-0.05, 0) is 32.4 Å². The van der Waals surface area contributed by atoms with Crippen LogP contribution in [0.1, 0.15) is 20.8 Å². The quantitative estimate of drug-likeness (QED) is 0.509. The Kier molecular flexibility index (Phi) is 4.74. The van der Waals surface area contributed by atoms with E-state index in [1.807, 2.05) is 25.7 Å². The molecule has 10 heteroatoms. The minimum atomic E-state index is -0.708. The largest absolute Gasteiger partial charge is 0.444 e. The van der Waals surface area contributed by atoms with Crippen LogP contribution in [0.5, 0.6) is 0 Å². The maximum atomic E-state index is 14.3.